The van der Waals surface area contributed by atoms with Gasteiger partial charge in [-0.3, -0.25) is 4.79 Å². The average Bonchev–Trinajstić information content (AvgIpc) is 2.20. The first-order chi connectivity index (χ1) is 6.75. The number of nitrogens with one attached hydrogen (secondary N) is 1. The summed E-state index contributed by atoms with van der Waals surface area (Å²) in [5, 5.41) is 3.38. The summed E-state index contributed by atoms with van der Waals surface area (Å²) in [5.74, 6) is 0.494. The molecule has 1 rings (SSSR count). The van der Waals surface area contributed by atoms with Gasteiger partial charge in [-0.2, -0.15) is 0 Å². The van der Waals surface area contributed by atoms with E-state index in [0.29, 0.717) is 5.78 Å². The van der Waals surface area contributed by atoms with Crippen molar-refractivity contribution >= 4 is 5.78 Å². The van der Waals surface area contributed by atoms with E-state index in [0.717, 1.165) is 51.6 Å². The molecule has 2 heteroatoms. The van der Waals surface area contributed by atoms with Crippen LogP contribution in [0.4, 0.5) is 0 Å². The fourth-order valence-corrected chi connectivity index (χ4v) is 2.53. The second-order valence-electron chi connectivity index (χ2n) is 4.48. The Morgan fingerprint density at radius 2 is 2.14 bits per heavy atom. The molecule has 0 aliphatic carbocycles. The monoisotopic (exact) mass is 197 g/mol. The molecule has 0 amide bonds. The molecule has 0 radical (unpaired) electrons. The Bertz CT molecular complexity index is 177. The van der Waals surface area contributed by atoms with Crippen molar-refractivity contribution in [3.05, 3.63) is 0 Å². The van der Waals surface area contributed by atoms with Crippen LogP contribution in [-0.4, -0.2) is 18.9 Å². The molecule has 82 valence electrons. The summed E-state index contributed by atoms with van der Waals surface area (Å²) in [7, 11) is 0. The van der Waals surface area contributed by atoms with Crippen molar-refractivity contribution in [3.8, 4) is 0 Å². The maximum Gasteiger partial charge on any atom is 0.140 e. The molecular weight excluding hydrogens is 174 g/mol. The van der Waals surface area contributed by atoms with Gasteiger partial charge >= 0.3 is 0 Å². The summed E-state index contributed by atoms with van der Waals surface area (Å²) in [6.45, 7) is 6.27. The van der Waals surface area contributed by atoms with E-state index in [9.17, 15) is 4.79 Å². The maximum absolute atomic E-state index is 12.1. The van der Waals surface area contributed by atoms with Crippen LogP contribution in [0.1, 0.15) is 52.4 Å². The van der Waals surface area contributed by atoms with Crippen LogP contribution in [0.25, 0.3) is 0 Å². The molecule has 0 bridgehead atoms. The lowest BCUT2D eigenvalue weighted by atomic mass is 9.72. The van der Waals surface area contributed by atoms with E-state index in [1.165, 1.54) is 0 Å². The highest BCUT2D eigenvalue weighted by Gasteiger charge is 2.37. The van der Waals surface area contributed by atoms with Crippen LogP contribution in [0.3, 0.4) is 0 Å². The van der Waals surface area contributed by atoms with E-state index in [1.807, 2.05) is 0 Å². The Morgan fingerprint density at radius 1 is 1.36 bits per heavy atom. The van der Waals surface area contributed by atoms with Crippen molar-refractivity contribution in [2.45, 2.75) is 52.4 Å². The Kier molecular flexibility index (Phi) is 4.59. The van der Waals surface area contributed by atoms with E-state index in [1.54, 1.807) is 0 Å². The van der Waals surface area contributed by atoms with Crippen LogP contribution in [0.5, 0.6) is 0 Å². The van der Waals surface area contributed by atoms with Crippen LogP contribution in [0, 0.1) is 5.41 Å². The highest BCUT2D eigenvalue weighted by atomic mass is 16.1. The zero-order chi connectivity index (χ0) is 10.4. The van der Waals surface area contributed by atoms with Crippen molar-refractivity contribution in [2.75, 3.05) is 13.1 Å². The zero-order valence-corrected chi connectivity index (χ0v) is 9.57. The van der Waals surface area contributed by atoms with Gasteiger partial charge in [-0.15, -0.1) is 0 Å². The molecular formula is C12H23NO. The Morgan fingerprint density at radius 3 is 2.64 bits per heavy atom. The second kappa shape index (κ2) is 5.50. The third kappa shape index (κ3) is 2.57. The van der Waals surface area contributed by atoms with Gasteiger partial charge in [-0.1, -0.05) is 20.3 Å². The number of hydrogen-bond acceptors (Lipinski definition) is 2. The average molecular weight is 197 g/mol. The summed E-state index contributed by atoms with van der Waals surface area (Å²) in [4.78, 5) is 12.1. The van der Waals surface area contributed by atoms with Crippen molar-refractivity contribution < 1.29 is 4.79 Å². The second-order valence-corrected chi connectivity index (χ2v) is 4.48. The first kappa shape index (κ1) is 11.7. The molecule has 0 saturated carbocycles. The molecule has 14 heavy (non-hydrogen) atoms. The van der Waals surface area contributed by atoms with Crippen LogP contribution >= 0.6 is 0 Å². The largest absolute Gasteiger partial charge is 0.316 e. The predicted octanol–water partition coefficient (Wildman–Crippen LogP) is 2.53. The summed E-state index contributed by atoms with van der Waals surface area (Å²) in [6, 6.07) is 0. The molecule has 1 saturated heterocycles. The van der Waals surface area contributed by atoms with E-state index < -0.39 is 0 Å². The number of carbonyl (C=O) groups excluding carboxylic acids is 1. The van der Waals surface area contributed by atoms with Crippen molar-refractivity contribution in [1.29, 1.82) is 0 Å². The Hall–Kier alpha value is -0.370. The lowest BCUT2D eigenvalue weighted by Gasteiger charge is -2.36. The Balaban J connectivity index is 2.63. The standard InChI is InChI=1S/C12H23NO/c1-3-6-11(14)12(7-4-2)8-5-9-13-10-12/h13H,3-10H2,1-2H3. The van der Waals surface area contributed by atoms with Gasteiger partial charge in [0.1, 0.15) is 5.78 Å². The maximum atomic E-state index is 12.1. The number of hydrogen-bond donors (Lipinski definition) is 1. The minimum absolute atomic E-state index is 0.0109. The molecule has 0 aromatic heterocycles. The van der Waals surface area contributed by atoms with Gasteiger partial charge in [0, 0.05) is 18.4 Å². The minimum atomic E-state index is -0.0109. The van der Waals surface area contributed by atoms with Gasteiger partial charge in [0.2, 0.25) is 0 Å². The number of ketones is 1. The van der Waals surface area contributed by atoms with Crippen LogP contribution in [0.15, 0.2) is 0 Å². The van der Waals surface area contributed by atoms with E-state index in [4.69, 9.17) is 0 Å². The fraction of sp³-hybridized carbons (Fsp3) is 0.917. The number of piperidine rings is 1. The van der Waals surface area contributed by atoms with Crippen molar-refractivity contribution in [2.24, 2.45) is 5.41 Å². The molecule has 0 spiro atoms. The third-order valence-corrected chi connectivity index (χ3v) is 3.27. The molecule has 1 heterocycles. The molecule has 1 aliphatic rings. The highest BCUT2D eigenvalue weighted by Crippen LogP contribution is 2.33. The zero-order valence-electron chi connectivity index (χ0n) is 9.57. The summed E-state index contributed by atoms with van der Waals surface area (Å²) in [6.07, 6.45) is 6.21. The molecule has 0 aromatic rings. The van der Waals surface area contributed by atoms with E-state index in [2.05, 4.69) is 19.2 Å². The van der Waals surface area contributed by atoms with Crippen LogP contribution in [-0.2, 0) is 4.79 Å². The minimum Gasteiger partial charge on any atom is -0.316 e. The van der Waals surface area contributed by atoms with Crippen LogP contribution < -0.4 is 5.32 Å². The quantitative estimate of drug-likeness (QED) is 0.733. The van der Waals surface area contributed by atoms with Gasteiger partial charge < -0.3 is 5.32 Å². The molecule has 2 nitrogen and oxygen atoms in total. The fourth-order valence-electron chi connectivity index (χ4n) is 2.53. The third-order valence-electron chi connectivity index (χ3n) is 3.27. The molecule has 1 aliphatic heterocycles. The van der Waals surface area contributed by atoms with Crippen molar-refractivity contribution in [1.82, 2.24) is 5.32 Å². The molecule has 1 unspecified atom stereocenters. The normalized spacial score (nSPS) is 27.6. The van der Waals surface area contributed by atoms with Gasteiger partial charge in [0.05, 0.1) is 0 Å². The summed E-state index contributed by atoms with van der Waals surface area (Å²) < 4.78 is 0. The molecule has 0 aromatic carbocycles. The number of Topliss-reactive ketones (excluding diaryl/α,β-unsaturated/α-hetero) is 1. The highest BCUT2D eigenvalue weighted by molar-refractivity contribution is 5.85. The van der Waals surface area contributed by atoms with Gasteiger partial charge in [0.25, 0.3) is 0 Å². The van der Waals surface area contributed by atoms with Crippen molar-refractivity contribution in [3.63, 3.8) is 0 Å². The van der Waals surface area contributed by atoms with Gasteiger partial charge in [-0.05, 0) is 32.2 Å². The van der Waals surface area contributed by atoms with Gasteiger partial charge in [-0.25, -0.2) is 0 Å². The molecule has 1 atom stereocenters. The summed E-state index contributed by atoms with van der Waals surface area (Å²) >= 11 is 0. The topological polar surface area (TPSA) is 29.1 Å². The van der Waals surface area contributed by atoms with Crippen LogP contribution in [0.2, 0.25) is 0 Å². The predicted molar refractivity (Wildman–Crippen MR) is 59.4 cm³/mol. The first-order valence-electron chi connectivity index (χ1n) is 5.99. The van der Waals surface area contributed by atoms with Gasteiger partial charge in [0.15, 0.2) is 0 Å². The number of rotatable bonds is 5. The lowest BCUT2D eigenvalue weighted by Crippen LogP contribution is -2.45. The summed E-state index contributed by atoms with van der Waals surface area (Å²) in [5.41, 5.74) is -0.0109. The first-order valence-corrected chi connectivity index (χ1v) is 5.99. The lowest BCUT2D eigenvalue weighted by molar-refractivity contribution is -0.130. The van der Waals surface area contributed by atoms with E-state index in [-0.39, 0.29) is 5.41 Å². The molecule has 1 fully saturated rings. The van der Waals surface area contributed by atoms with E-state index >= 15 is 0 Å². The Labute approximate surface area is 87.5 Å². The SMILES string of the molecule is CCCC(=O)C1(CCC)CCCNC1. The molecule has 1 N–H and O–H groups in total. The smallest absolute Gasteiger partial charge is 0.140 e. The number of carbonyl (C=O) groups is 1.